The van der Waals surface area contributed by atoms with E-state index in [-0.39, 0.29) is 41.9 Å². The molecule has 0 aromatic heterocycles. The van der Waals surface area contributed by atoms with E-state index in [2.05, 4.69) is 0 Å². The van der Waals surface area contributed by atoms with Crippen LogP contribution in [0.25, 0.3) is 11.1 Å². The minimum atomic E-state index is -0.543. The normalized spacial score (nSPS) is 10.7. The van der Waals surface area contributed by atoms with Crippen molar-refractivity contribution in [3.05, 3.63) is 59.5 Å². The lowest BCUT2D eigenvalue weighted by molar-refractivity contribution is -0.384. The summed E-state index contributed by atoms with van der Waals surface area (Å²) in [6, 6.07) is 5.98. The molecule has 0 atom stereocenters. The second kappa shape index (κ2) is 5.96. The lowest BCUT2D eigenvalue weighted by atomic mass is 10.0. The van der Waals surface area contributed by atoms with E-state index in [4.69, 9.17) is 58.0 Å². The lowest BCUT2D eigenvalue weighted by Gasteiger charge is -2.12. The highest BCUT2D eigenvalue weighted by atomic mass is 35.5. The third-order valence-electron chi connectivity index (χ3n) is 2.58. The summed E-state index contributed by atoms with van der Waals surface area (Å²) in [6.45, 7) is 0. The van der Waals surface area contributed by atoms with Gasteiger partial charge in [-0.1, -0.05) is 70.1 Å². The van der Waals surface area contributed by atoms with Crippen LogP contribution in [-0.2, 0) is 0 Å². The molecule has 0 amide bonds. The van der Waals surface area contributed by atoms with Crippen LogP contribution in [0.3, 0.4) is 0 Å². The van der Waals surface area contributed by atoms with Gasteiger partial charge in [-0.05, 0) is 6.07 Å². The molecule has 0 aliphatic heterocycles. The van der Waals surface area contributed by atoms with Gasteiger partial charge in [0.1, 0.15) is 0 Å². The molecule has 2 rings (SSSR count). The Hall–Kier alpha value is -0.710. The predicted octanol–water partition coefficient (Wildman–Crippen LogP) is 6.53. The van der Waals surface area contributed by atoms with Crippen molar-refractivity contribution in [2.45, 2.75) is 0 Å². The molecule has 0 unspecified atom stereocenters. The maximum atomic E-state index is 11.1. The first-order valence-corrected chi connectivity index (χ1v) is 7.00. The number of para-hydroxylation sites is 1. The smallest absolute Gasteiger partial charge is 0.258 e. The van der Waals surface area contributed by atoms with Crippen LogP contribution < -0.4 is 0 Å². The zero-order valence-electron chi connectivity index (χ0n) is 9.46. The summed E-state index contributed by atoms with van der Waals surface area (Å²) in [6.07, 6.45) is 0. The van der Waals surface area contributed by atoms with Gasteiger partial charge in [0, 0.05) is 11.6 Å². The van der Waals surface area contributed by atoms with Gasteiger partial charge in [-0.3, -0.25) is 10.1 Å². The van der Waals surface area contributed by atoms with E-state index in [0.717, 1.165) is 0 Å². The van der Waals surface area contributed by atoms with Crippen molar-refractivity contribution in [1.29, 1.82) is 0 Å². The molecule has 0 radical (unpaired) electrons. The largest absolute Gasteiger partial charge is 0.277 e. The minimum Gasteiger partial charge on any atom is -0.258 e. The Morgan fingerprint density at radius 2 is 1.25 bits per heavy atom. The molecule has 104 valence electrons. The molecule has 20 heavy (non-hydrogen) atoms. The van der Waals surface area contributed by atoms with Gasteiger partial charge in [-0.25, -0.2) is 0 Å². The molecule has 0 fully saturated rings. The zero-order valence-corrected chi connectivity index (χ0v) is 13.2. The molecule has 0 heterocycles. The number of hydrogen-bond donors (Lipinski definition) is 0. The van der Waals surface area contributed by atoms with E-state index < -0.39 is 4.92 Å². The summed E-state index contributed by atoms with van der Waals surface area (Å²) >= 11 is 30.0. The molecule has 0 aliphatic rings. The van der Waals surface area contributed by atoms with Gasteiger partial charge in [0.15, 0.2) is 0 Å². The molecule has 0 bridgehead atoms. The predicted molar refractivity (Wildman–Crippen MR) is 83.6 cm³/mol. The van der Waals surface area contributed by atoms with Crippen molar-refractivity contribution in [3.63, 3.8) is 0 Å². The van der Waals surface area contributed by atoms with Crippen LogP contribution in [0.15, 0.2) is 24.3 Å². The summed E-state index contributed by atoms with van der Waals surface area (Å²) in [5.74, 6) is 0. The van der Waals surface area contributed by atoms with Crippen molar-refractivity contribution in [2.24, 2.45) is 0 Å². The third-order valence-corrected chi connectivity index (χ3v) is 4.86. The Morgan fingerprint density at radius 3 is 1.75 bits per heavy atom. The third kappa shape index (κ3) is 2.57. The Kier molecular flexibility index (Phi) is 4.67. The van der Waals surface area contributed by atoms with Gasteiger partial charge in [0.2, 0.25) is 0 Å². The molecule has 0 N–H and O–H groups in total. The summed E-state index contributed by atoms with van der Waals surface area (Å²) in [4.78, 5) is 10.5. The van der Waals surface area contributed by atoms with E-state index in [1.807, 2.05) is 0 Å². The molecule has 0 spiro atoms. The Morgan fingerprint density at radius 1 is 0.800 bits per heavy atom. The SMILES string of the molecule is O=[N+]([O-])c1ccccc1-c1c(Cl)c(Cl)c(Cl)c(Cl)c1Cl. The van der Waals surface area contributed by atoms with Crippen molar-refractivity contribution >= 4 is 63.7 Å². The maximum absolute atomic E-state index is 11.1. The van der Waals surface area contributed by atoms with E-state index in [9.17, 15) is 10.1 Å². The summed E-state index contributed by atoms with van der Waals surface area (Å²) < 4.78 is 0. The first-order valence-electron chi connectivity index (χ1n) is 5.11. The van der Waals surface area contributed by atoms with Gasteiger partial charge in [-0.15, -0.1) is 0 Å². The highest BCUT2D eigenvalue weighted by Gasteiger charge is 2.25. The number of nitro groups is 1. The molecular formula is C12H4Cl5NO2. The number of rotatable bonds is 2. The van der Waals surface area contributed by atoms with E-state index in [1.54, 1.807) is 6.07 Å². The van der Waals surface area contributed by atoms with Gasteiger partial charge < -0.3 is 0 Å². The van der Waals surface area contributed by atoms with Gasteiger partial charge in [0.05, 0.1) is 35.6 Å². The van der Waals surface area contributed by atoms with Crippen LogP contribution in [0.5, 0.6) is 0 Å². The molecule has 0 aliphatic carbocycles. The Balaban J connectivity index is 2.88. The quantitative estimate of drug-likeness (QED) is 0.261. The molecule has 0 saturated heterocycles. The van der Waals surface area contributed by atoms with Gasteiger partial charge in [0.25, 0.3) is 5.69 Å². The summed E-state index contributed by atoms with van der Waals surface area (Å²) in [5.41, 5.74) is 0.235. The number of nitrogens with zero attached hydrogens (tertiary/aromatic N) is 1. The molecule has 3 nitrogen and oxygen atoms in total. The Bertz CT molecular complexity index is 688. The maximum Gasteiger partial charge on any atom is 0.277 e. The van der Waals surface area contributed by atoms with Crippen LogP contribution >= 0.6 is 58.0 Å². The minimum absolute atomic E-state index is 0.00381. The van der Waals surface area contributed by atoms with Crippen LogP contribution in [-0.4, -0.2) is 4.92 Å². The van der Waals surface area contributed by atoms with Crippen LogP contribution in [0, 0.1) is 10.1 Å². The second-order valence-corrected chi connectivity index (χ2v) is 5.61. The fourth-order valence-electron chi connectivity index (χ4n) is 1.69. The topological polar surface area (TPSA) is 43.1 Å². The first kappa shape index (κ1) is 15.7. The van der Waals surface area contributed by atoms with Crippen molar-refractivity contribution in [1.82, 2.24) is 0 Å². The van der Waals surface area contributed by atoms with Crippen molar-refractivity contribution < 1.29 is 4.92 Å². The number of nitro benzene ring substituents is 1. The van der Waals surface area contributed by atoms with E-state index in [1.165, 1.54) is 18.2 Å². The lowest BCUT2D eigenvalue weighted by Crippen LogP contribution is -1.94. The molecular weight excluding hydrogens is 367 g/mol. The highest BCUT2D eigenvalue weighted by molar-refractivity contribution is 6.56. The molecule has 2 aromatic rings. The van der Waals surface area contributed by atoms with Crippen LogP contribution in [0.2, 0.25) is 25.1 Å². The van der Waals surface area contributed by atoms with Crippen LogP contribution in [0.1, 0.15) is 0 Å². The number of hydrogen-bond acceptors (Lipinski definition) is 2. The fourth-order valence-corrected chi connectivity index (χ4v) is 3.03. The standard InChI is InChI=1S/C12H4Cl5NO2/c13-8-7(9(14)11(16)12(17)10(8)15)5-3-1-2-4-6(5)18(19)20/h1-4H. The van der Waals surface area contributed by atoms with E-state index in [0.29, 0.717) is 0 Å². The monoisotopic (exact) mass is 369 g/mol. The Labute approximate surface area is 139 Å². The van der Waals surface area contributed by atoms with Crippen molar-refractivity contribution in [2.75, 3.05) is 0 Å². The number of halogens is 5. The number of benzene rings is 2. The molecule has 2 aromatic carbocycles. The summed E-state index contributed by atoms with van der Waals surface area (Å²) in [7, 11) is 0. The van der Waals surface area contributed by atoms with E-state index >= 15 is 0 Å². The highest BCUT2D eigenvalue weighted by Crippen LogP contribution is 2.49. The van der Waals surface area contributed by atoms with Gasteiger partial charge in [-0.2, -0.15) is 0 Å². The average molecular weight is 371 g/mol. The van der Waals surface area contributed by atoms with Gasteiger partial charge >= 0.3 is 0 Å². The second-order valence-electron chi connectivity index (χ2n) is 3.72. The van der Waals surface area contributed by atoms with Crippen molar-refractivity contribution in [3.8, 4) is 11.1 Å². The zero-order chi connectivity index (χ0) is 15.0. The average Bonchev–Trinajstić information content (AvgIpc) is 2.43. The fraction of sp³-hybridized carbons (Fsp3) is 0. The summed E-state index contributed by atoms with van der Waals surface area (Å²) in [5, 5.41) is 11.1. The molecule has 0 saturated carbocycles. The van der Waals surface area contributed by atoms with Crippen LogP contribution in [0.4, 0.5) is 5.69 Å². The first-order chi connectivity index (χ1) is 9.36. The molecule has 8 heteroatoms.